The van der Waals surface area contributed by atoms with Gasteiger partial charge in [0.05, 0.1) is 18.8 Å². The first-order valence-electron chi connectivity index (χ1n) is 19.5. The summed E-state index contributed by atoms with van der Waals surface area (Å²) in [6.45, 7) is 11.1. The van der Waals surface area contributed by atoms with Gasteiger partial charge in [0, 0.05) is 18.2 Å². The van der Waals surface area contributed by atoms with Crippen LogP contribution < -0.4 is 16.0 Å². The van der Waals surface area contributed by atoms with Crippen LogP contribution in [0.4, 0.5) is 14.7 Å². The van der Waals surface area contributed by atoms with Crippen molar-refractivity contribution < 1.29 is 56.0 Å². The number of hydrogen-bond acceptors (Lipinski definition) is 16. The number of rotatable bonds is 15. The van der Waals surface area contributed by atoms with Gasteiger partial charge >= 0.3 is 28.5 Å². The molecule has 3 heterocycles. The fraction of sp³-hybridized carbons (Fsp3) is 0.425. The fourth-order valence-corrected chi connectivity index (χ4v) is 7.66. The van der Waals surface area contributed by atoms with Crippen molar-refractivity contribution >= 4 is 62.5 Å². The average molecular weight is 910 g/mol. The maximum Gasteiger partial charge on any atom is 0.413 e. The van der Waals surface area contributed by atoms with E-state index in [-0.39, 0.29) is 40.2 Å². The minimum atomic E-state index is -5.15. The Morgan fingerprint density at radius 3 is 2.08 bits per heavy atom. The first kappa shape index (κ1) is 46.1. The topological polar surface area (TPSA) is 272 Å². The van der Waals surface area contributed by atoms with Crippen molar-refractivity contribution in [3.8, 4) is 0 Å². The highest BCUT2D eigenvalue weighted by Crippen LogP contribution is 2.43. The van der Waals surface area contributed by atoms with Gasteiger partial charge in [-0.2, -0.15) is 23.4 Å². The van der Waals surface area contributed by atoms with E-state index in [2.05, 4.69) is 36.3 Å². The van der Waals surface area contributed by atoms with Crippen molar-refractivity contribution in [2.24, 2.45) is 5.16 Å². The molecule has 63 heavy (non-hydrogen) atoms. The zero-order valence-corrected chi connectivity index (χ0v) is 37.0. The summed E-state index contributed by atoms with van der Waals surface area (Å²) in [4.78, 5) is 77.3. The van der Waals surface area contributed by atoms with Gasteiger partial charge in [0.1, 0.15) is 34.7 Å². The maximum absolute atomic E-state index is 14.2. The van der Waals surface area contributed by atoms with Crippen LogP contribution in [0.1, 0.15) is 88.7 Å². The molecule has 2 aliphatic rings. The molecule has 1 aliphatic heterocycles. The molecule has 21 nitrogen and oxygen atoms in total. The third-order valence-corrected chi connectivity index (χ3v) is 10.9. The minimum absolute atomic E-state index is 0.0129. The van der Waals surface area contributed by atoms with Gasteiger partial charge in [0.15, 0.2) is 16.9 Å². The number of aromatic nitrogens is 4. The molecule has 2 aromatic carbocycles. The van der Waals surface area contributed by atoms with Gasteiger partial charge in [-0.3, -0.25) is 19.5 Å². The van der Waals surface area contributed by atoms with Crippen LogP contribution in [0.25, 0.3) is 0 Å². The normalized spacial score (nSPS) is 17.3. The van der Waals surface area contributed by atoms with Crippen LogP contribution in [0.5, 0.6) is 0 Å². The number of alkyl carbamates (subject to hydrolysis) is 1. The second-order valence-electron chi connectivity index (χ2n) is 16.6. The SMILES string of the molecule is Cc1nn(C[C@@H]2[C@H](NC(=O)/C(=N\OC3(C(=O)OC(c4ccccc4)c4ccccc4)CC3)c3csc(NC(=O)OC(C)(C)C)n3)C(=O)N2S(=O)(=O)O)nc1CNC(=O)OC(C)(C)C. The van der Waals surface area contributed by atoms with Crippen LogP contribution in [-0.2, 0) is 56.8 Å². The summed E-state index contributed by atoms with van der Waals surface area (Å²) in [6, 6.07) is 15.0. The molecule has 0 spiro atoms. The van der Waals surface area contributed by atoms with E-state index in [1.54, 1.807) is 72.7 Å². The molecule has 336 valence electrons. The zero-order chi connectivity index (χ0) is 45.9. The smallest absolute Gasteiger partial charge is 0.413 e. The summed E-state index contributed by atoms with van der Waals surface area (Å²) in [6.07, 6.45) is -2.04. The van der Waals surface area contributed by atoms with Crippen LogP contribution in [0.3, 0.4) is 0 Å². The molecule has 2 fully saturated rings. The Morgan fingerprint density at radius 1 is 0.937 bits per heavy atom. The molecule has 2 aromatic heterocycles. The number of aryl methyl sites for hydroxylation is 1. The van der Waals surface area contributed by atoms with Crippen LogP contribution in [0.15, 0.2) is 71.2 Å². The highest BCUT2D eigenvalue weighted by molar-refractivity contribution is 7.84. The molecule has 1 saturated carbocycles. The molecule has 4 amide bonds. The van der Waals surface area contributed by atoms with E-state index >= 15 is 0 Å². The first-order valence-corrected chi connectivity index (χ1v) is 21.8. The predicted molar refractivity (Wildman–Crippen MR) is 224 cm³/mol. The van der Waals surface area contributed by atoms with Crippen molar-refractivity contribution in [3.05, 3.63) is 94.3 Å². The van der Waals surface area contributed by atoms with Crippen molar-refractivity contribution in [1.29, 1.82) is 0 Å². The Labute approximate surface area is 366 Å². The molecule has 4 aromatic rings. The van der Waals surface area contributed by atoms with Crippen molar-refractivity contribution in [1.82, 2.24) is 34.9 Å². The van der Waals surface area contributed by atoms with Crippen molar-refractivity contribution in [3.63, 3.8) is 0 Å². The number of benzene rings is 2. The number of anilines is 1. The largest absolute Gasteiger partial charge is 0.450 e. The van der Waals surface area contributed by atoms with Gasteiger partial charge in [-0.1, -0.05) is 65.8 Å². The van der Waals surface area contributed by atoms with E-state index in [0.29, 0.717) is 16.8 Å². The lowest BCUT2D eigenvalue weighted by atomic mass is 9.98. The molecule has 4 N–H and O–H groups in total. The molecule has 0 unspecified atom stereocenters. The van der Waals surface area contributed by atoms with E-state index < -0.39 is 87.5 Å². The van der Waals surface area contributed by atoms with Gasteiger partial charge in [0.25, 0.3) is 11.8 Å². The molecule has 1 aliphatic carbocycles. The lowest BCUT2D eigenvalue weighted by Crippen LogP contribution is -2.73. The molecule has 2 atom stereocenters. The highest BCUT2D eigenvalue weighted by Gasteiger charge is 2.57. The van der Waals surface area contributed by atoms with Crippen LogP contribution in [0.2, 0.25) is 0 Å². The standard InChI is InChI=1S/C40H47N9O12S2/c1-23-26(20-41-36(53)59-38(2,3)4)46-48(45-23)21-28-30(33(51)49(28)63(55,56)57)43-32(50)29(27-22-62-35(42-27)44-37(54)60-39(5,6)7)47-61-40(18-19-40)34(52)58-31(24-14-10-8-11-15-24)25-16-12-9-13-17-25/h8-17,22,28,30-31H,18-21H2,1-7H3,(H,41,53)(H,43,50)(H,42,44,54)(H,55,56,57)/b47-29-/t28-,30+/m1/s1. The van der Waals surface area contributed by atoms with E-state index in [9.17, 15) is 36.9 Å². The molecule has 0 bridgehead atoms. The molecular formula is C40H47N9O12S2. The van der Waals surface area contributed by atoms with Gasteiger partial charge in [-0.25, -0.2) is 23.7 Å². The van der Waals surface area contributed by atoms with Gasteiger partial charge in [0.2, 0.25) is 5.60 Å². The Hall–Kier alpha value is -6.46. The third kappa shape index (κ3) is 11.7. The third-order valence-electron chi connectivity index (χ3n) is 9.16. The first-order chi connectivity index (χ1) is 29.5. The number of thiazole rings is 1. The Balaban J connectivity index is 1.25. The lowest BCUT2D eigenvalue weighted by molar-refractivity contribution is -0.164. The molecule has 6 rings (SSSR count). The minimum Gasteiger partial charge on any atom is -0.450 e. The van der Waals surface area contributed by atoms with Crippen LogP contribution >= 0.6 is 11.3 Å². The number of oxime groups is 1. The van der Waals surface area contributed by atoms with E-state index in [1.165, 1.54) is 5.38 Å². The van der Waals surface area contributed by atoms with Crippen molar-refractivity contribution in [2.75, 3.05) is 5.32 Å². The average Bonchev–Trinajstić information content (AvgIpc) is 3.71. The predicted octanol–water partition coefficient (Wildman–Crippen LogP) is 4.20. The summed E-state index contributed by atoms with van der Waals surface area (Å²) >= 11 is 0.893. The Morgan fingerprint density at radius 2 is 1.52 bits per heavy atom. The second kappa shape index (κ2) is 18.1. The van der Waals surface area contributed by atoms with Crippen LogP contribution in [-0.4, -0.2) is 102 Å². The zero-order valence-electron chi connectivity index (χ0n) is 35.3. The van der Waals surface area contributed by atoms with E-state index in [0.717, 1.165) is 16.1 Å². The highest BCUT2D eigenvalue weighted by atomic mass is 32.2. The number of carbonyl (C=O) groups excluding carboxylic acids is 5. The summed E-state index contributed by atoms with van der Waals surface area (Å²) in [5, 5.41) is 21.4. The monoisotopic (exact) mass is 909 g/mol. The van der Waals surface area contributed by atoms with Gasteiger partial charge < -0.3 is 29.7 Å². The number of amides is 4. The summed E-state index contributed by atoms with van der Waals surface area (Å²) < 4.78 is 51.5. The summed E-state index contributed by atoms with van der Waals surface area (Å²) in [7, 11) is -5.15. The maximum atomic E-state index is 14.2. The molecule has 1 saturated heterocycles. The van der Waals surface area contributed by atoms with Crippen molar-refractivity contribution in [2.45, 2.75) is 109 Å². The summed E-state index contributed by atoms with van der Waals surface area (Å²) in [5.74, 6) is -3.08. The molecular weight excluding hydrogens is 863 g/mol. The quantitative estimate of drug-likeness (QED) is 0.0325. The number of ether oxygens (including phenoxy) is 3. The van der Waals surface area contributed by atoms with Gasteiger partial charge in [-0.15, -0.1) is 11.3 Å². The number of hydrogen-bond donors (Lipinski definition) is 4. The number of β-lactam (4-membered cyclic amide) rings is 1. The number of nitrogens with one attached hydrogen (secondary N) is 3. The van der Waals surface area contributed by atoms with Crippen LogP contribution in [0, 0.1) is 6.92 Å². The molecule has 0 radical (unpaired) electrons. The fourth-order valence-electron chi connectivity index (χ4n) is 6.11. The summed E-state index contributed by atoms with van der Waals surface area (Å²) in [5.41, 5.74) is -1.95. The molecule has 23 heteroatoms. The van der Waals surface area contributed by atoms with Gasteiger partial charge in [-0.05, 0) is 59.6 Å². The number of esters is 1. The number of nitrogens with zero attached hydrogens (tertiary/aromatic N) is 6. The Bertz CT molecular complexity index is 2450. The Kier molecular flexibility index (Phi) is 13.2. The number of carbonyl (C=O) groups is 5. The van der Waals surface area contributed by atoms with E-state index in [4.69, 9.17) is 19.0 Å². The lowest BCUT2D eigenvalue weighted by Gasteiger charge is -2.43. The second-order valence-corrected chi connectivity index (χ2v) is 18.7. The van der Waals surface area contributed by atoms with E-state index in [1.807, 2.05) is 36.4 Å².